The van der Waals surface area contributed by atoms with E-state index in [0.717, 1.165) is 36.9 Å². The van der Waals surface area contributed by atoms with Crippen LogP contribution in [0.25, 0.3) is 5.69 Å². The van der Waals surface area contributed by atoms with Gasteiger partial charge in [-0.25, -0.2) is 17.9 Å². The maximum atomic E-state index is 15.3. The Morgan fingerprint density at radius 2 is 1.71 bits per heavy atom. The molecule has 31 heavy (non-hydrogen) atoms. The number of hydrogen-bond acceptors (Lipinski definition) is 6. The van der Waals surface area contributed by atoms with Crippen LogP contribution in [-0.2, 0) is 0 Å². The first-order valence-electron chi connectivity index (χ1n) is 9.96. The number of benzene rings is 2. The average molecular weight is 432 g/mol. The van der Waals surface area contributed by atoms with Crippen LogP contribution in [0.3, 0.4) is 0 Å². The molecule has 0 bridgehead atoms. The summed E-state index contributed by atoms with van der Waals surface area (Å²) in [5.74, 6) is -1.77. The van der Waals surface area contributed by atoms with E-state index in [9.17, 15) is 8.78 Å². The molecule has 0 radical (unpaired) electrons. The molecule has 4 rings (SSSR count). The number of aryl methyl sites for hydroxylation is 1. The number of aliphatic hydroxyl groups excluding tert-OH is 1. The summed E-state index contributed by atoms with van der Waals surface area (Å²) in [7, 11) is 0. The van der Waals surface area contributed by atoms with E-state index in [1.807, 2.05) is 11.8 Å². The second-order valence-corrected chi connectivity index (χ2v) is 7.46. The monoisotopic (exact) mass is 432 g/mol. The van der Waals surface area contributed by atoms with Crippen LogP contribution in [0.5, 0.6) is 0 Å². The Morgan fingerprint density at radius 3 is 2.39 bits per heavy atom. The molecule has 164 valence electrons. The smallest absolute Gasteiger partial charge is 0.247 e. The molecule has 0 amide bonds. The molecule has 1 aromatic heterocycles. The second-order valence-electron chi connectivity index (χ2n) is 7.46. The van der Waals surface area contributed by atoms with Crippen molar-refractivity contribution in [2.75, 3.05) is 49.5 Å². The second kappa shape index (κ2) is 8.94. The quantitative estimate of drug-likeness (QED) is 0.625. The summed E-state index contributed by atoms with van der Waals surface area (Å²) in [6.45, 7) is 5.38. The van der Waals surface area contributed by atoms with Crippen LogP contribution in [0.2, 0.25) is 0 Å². The third-order valence-corrected chi connectivity index (χ3v) is 5.18. The van der Waals surface area contributed by atoms with Gasteiger partial charge in [-0.3, -0.25) is 4.90 Å². The number of piperazine rings is 1. The standard InChI is InChI=1S/C21H23F3N6O/c1-14-8-18(20(24)19(9-14)29-4-2-28(3-5-29)6-7-31)26-21-25-13-30(27-21)17-11-15(22)10-16(23)12-17/h8-13,31H,2-7H2,1H3,(H,26,27). The number of anilines is 3. The van der Waals surface area contributed by atoms with E-state index < -0.39 is 17.5 Å². The summed E-state index contributed by atoms with van der Waals surface area (Å²) in [5.41, 5.74) is 1.74. The van der Waals surface area contributed by atoms with Crippen LogP contribution in [0.1, 0.15) is 5.56 Å². The minimum atomic E-state index is -0.728. The van der Waals surface area contributed by atoms with Crippen LogP contribution >= 0.6 is 0 Å². The third-order valence-electron chi connectivity index (χ3n) is 5.18. The first kappa shape index (κ1) is 21.1. The van der Waals surface area contributed by atoms with Gasteiger partial charge in [-0.1, -0.05) is 0 Å². The van der Waals surface area contributed by atoms with Gasteiger partial charge in [0.05, 0.1) is 23.7 Å². The number of nitrogens with one attached hydrogen (secondary N) is 1. The van der Waals surface area contributed by atoms with Crippen LogP contribution in [0.15, 0.2) is 36.7 Å². The summed E-state index contributed by atoms with van der Waals surface area (Å²) in [4.78, 5) is 8.19. The van der Waals surface area contributed by atoms with Gasteiger partial charge >= 0.3 is 0 Å². The Morgan fingerprint density at radius 1 is 1.00 bits per heavy atom. The maximum Gasteiger partial charge on any atom is 0.247 e. The molecule has 7 nitrogen and oxygen atoms in total. The molecule has 10 heteroatoms. The van der Waals surface area contributed by atoms with Crippen molar-refractivity contribution < 1.29 is 18.3 Å². The number of aromatic nitrogens is 3. The molecule has 0 atom stereocenters. The van der Waals surface area contributed by atoms with Crippen molar-refractivity contribution in [1.29, 1.82) is 0 Å². The maximum absolute atomic E-state index is 15.3. The molecule has 0 aliphatic carbocycles. The number of nitrogens with zero attached hydrogens (tertiary/aromatic N) is 5. The Balaban J connectivity index is 1.54. The van der Waals surface area contributed by atoms with Gasteiger partial charge in [-0.15, -0.1) is 5.10 Å². The van der Waals surface area contributed by atoms with Gasteiger partial charge in [-0.2, -0.15) is 4.98 Å². The van der Waals surface area contributed by atoms with Crippen LogP contribution in [-0.4, -0.2) is 64.1 Å². The lowest BCUT2D eigenvalue weighted by Gasteiger charge is -2.36. The normalized spacial score (nSPS) is 14.8. The van der Waals surface area contributed by atoms with Gasteiger partial charge in [0.15, 0.2) is 5.82 Å². The van der Waals surface area contributed by atoms with Crippen molar-refractivity contribution in [3.63, 3.8) is 0 Å². The molecule has 2 N–H and O–H groups in total. The fourth-order valence-corrected chi connectivity index (χ4v) is 3.66. The Bertz CT molecular complexity index is 1050. The van der Waals surface area contributed by atoms with Crippen molar-refractivity contribution in [2.24, 2.45) is 0 Å². The SMILES string of the molecule is Cc1cc(Nc2ncn(-c3cc(F)cc(F)c3)n2)c(F)c(N2CCN(CCO)CC2)c1. The zero-order chi connectivity index (χ0) is 22.0. The summed E-state index contributed by atoms with van der Waals surface area (Å²) in [5, 5.41) is 16.1. The molecule has 2 heterocycles. The van der Waals surface area contributed by atoms with Gasteiger partial charge in [0.2, 0.25) is 5.95 Å². The molecule has 1 aliphatic rings. The van der Waals surface area contributed by atoms with E-state index in [-0.39, 0.29) is 23.9 Å². The molecule has 2 aromatic carbocycles. The predicted molar refractivity (Wildman–Crippen MR) is 111 cm³/mol. The molecule has 0 spiro atoms. The topological polar surface area (TPSA) is 69.5 Å². The fraction of sp³-hybridized carbons (Fsp3) is 0.333. The molecular weight excluding hydrogens is 409 g/mol. The van der Waals surface area contributed by atoms with E-state index >= 15 is 4.39 Å². The van der Waals surface area contributed by atoms with Crippen molar-refractivity contribution in [2.45, 2.75) is 6.92 Å². The molecule has 1 saturated heterocycles. The zero-order valence-corrected chi connectivity index (χ0v) is 17.0. The van der Waals surface area contributed by atoms with Gasteiger partial charge in [0, 0.05) is 38.8 Å². The lowest BCUT2D eigenvalue weighted by atomic mass is 10.1. The Labute approximate surface area is 177 Å². The van der Waals surface area contributed by atoms with Crippen molar-refractivity contribution in [3.05, 3.63) is 59.7 Å². The number of rotatable bonds is 6. The van der Waals surface area contributed by atoms with E-state index in [1.54, 1.807) is 12.1 Å². The highest BCUT2D eigenvalue weighted by molar-refractivity contribution is 5.65. The number of halogens is 3. The lowest BCUT2D eigenvalue weighted by Crippen LogP contribution is -2.47. The van der Waals surface area contributed by atoms with E-state index in [2.05, 4.69) is 20.3 Å². The van der Waals surface area contributed by atoms with Crippen molar-refractivity contribution >= 4 is 17.3 Å². The first-order chi connectivity index (χ1) is 14.9. The fourth-order valence-electron chi connectivity index (χ4n) is 3.66. The van der Waals surface area contributed by atoms with Crippen molar-refractivity contribution in [3.8, 4) is 5.69 Å². The molecule has 1 aliphatic heterocycles. The third kappa shape index (κ3) is 4.80. The van der Waals surface area contributed by atoms with Crippen LogP contribution in [0.4, 0.5) is 30.5 Å². The molecule has 1 fully saturated rings. The summed E-state index contributed by atoms with van der Waals surface area (Å²) < 4.78 is 43.4. The highest BCUT2D eigenvalue weighted by Gasteiger charge is 2.21. The zero-order valence-electron chi connectivity index (χ0n) is 17.0. The molecule has 0 unspecified atom stereocenters. The number of β-amino-alcohol motifs (C(OH)–C–C–N with tert-alkyl or cyclic N) is 1. The van der Waals surface area contributed by atoms with Gasteiger partial charge in [0.25, 0.3) is 0 Å². The van der Waals surface area contributed by atoms with Gasteiger partial charge < -0.3 is 15.3 Å². The minimum Gasteiger partial charge on any atom is -0.395 e. The Kier molecular flexibility index (Phi) is 6.10. The van der Waals surface area contributed by atoms with Crippen molar-refractivity contribution in [1.82, 2.24) is 19.7 Å². The minimum absolute atomic E-state index is 0.105. The average Bonchev–Trinajstić information content (AvgIpc) is 3.19. The highest BCUT2D eigenvalue weighted by atomic mass is 19.1. The van der Waals surface area contributed by atoms with E-state index in [0.29, 0.717) is 25.3 Å². The molecule has 3 aromatic rings. The van der Waals surface area contributed by atoms with Gasteiger partial charge in [-0.05, 0) is 36.8 Å². The number of aliphatic hydroxyl groups is 1. The summed E-state index contributed by atoms with van der Waals surface area (Å²) >= 11 is 0. The van der Waals surface area contributed by atoms with E-state index in [1.165, 1.54) is 11.0 Å². The summed E-state index contributed by atoms with van der Waals surface area (Å²) in [6, 6.07) is 6.48. The lowest BCUT2D eigenvalue weighted by molar-refractivity contribution is 0.188. The van der Waals surface area contributed by atoms with Crippen LogP contribution < -0.4 is 10.2 Å². The van der Waals surface area contributed by atoms with E-state index in [4.69, 9.17) is 5.11 Å². The Hall–Kier alpha value is -3.11. The largest absolute Gasteiger partial charge is 0.395 e. The molecular formula is C21H23F3N6O. The first-order valence-corrected chi connectivity index (χ1v) is 9.96. The highest BCUT2D eigenvalue weighted by Crippen LogP contribution is 2.30. The number of hydrogen-bond donors (Lipinski definition) is 2. The predicted octanol–water partition coefficient (Wildman–Crippen LogP) is 2.85. The molecule has 0 saturated carbocycles. The summed E-state index contributed by atoms with van der Waals surface area (Å²) in [6.07, 6.45) is 1.30. The van der Waals surface area contributed by atoms with Gasteiger partial charge in [0.1, 0.15) is 18.0 Å². The van der Waals surface area contributed by atoms with Crippen LogP contribution in [0, 0.1) is 24.4 Å².